The highest BCUT2D eigenvalue weighted by Crippen LogP contribution is 2.36. The van der Waals surface area contributed by atoms with Crippen molar-refractivity contribution in [2.45, 2.75) is 37.4 Å². The maximum absolute atomic E-state index is 16.0. The summed E-state index contributed by atoms with van der Waals surface area (Å²) in [7, 11) is -4.01. The molecular weight excluding hydrogens is 606 g/mol. The SMILES string of the molecule is C=CC(=O)N1C[C@H](C)N(c2nc(=O)n(-c3c(C)ccnc3S(C)(=O)=O)c3nc(-c4c(N)cccc4F)c(F)cc23)C[C@@H]1CC#N. The molecule has 0 bridgehead atoms. The molecule has 1 aromatic carbocycles. The summed E-state index contributed by atoms with van der Waals surface area (Å²) in [5, 5.41) is 9.01. The van der Waals surface area contributed by atoms with Crippen LogP contribution in [0.15, 0.2) is 59.0 Å². The van der Waals surface area contributed by atoms with E-state index in [2.05, 4.69) is 27.6 Å². The van der Waals surface area contributed by atoms with E-state index in [0.29, 0.717) is 5.56 Å². The minimum Gasteiger partial charge on any atom is -0.398 e. The summed E-state index contributed by atoms with van der Waals surface area (Å²) < 4.78 is 57.5. The van der Waals surface area contributed by atoms with E-state index < -0.39 is 50.0 Å². The Kier molecular flexibility index (Phi) is 8.11. The number of hydrogen-bond donors (Lipinski definition) is 1. The van der Waals surface area contributed by atoms with Crippen LogP contribution in [0, 0.1) is 29.9 Å². The molecule has 0 radical (unpaired) electrons. The number of piperazine rings is 1. The van der Waals surface area contributed by atoms with Crippen LogP contribution in [0.1, 0.15) is 18.9 Å². The number of hydrogen-bond acceptors (Lipinski definition) is 10. The molecule has 2 N–H and O–H groups in total. The third-order valence-electron chi connectivity index (χ3n) is 7.65. The standard InChI is InChI=1S/C30H28F2N8O4S/c1-5-23(41)39-14-17(3)38(15-18(39)9-11-33)27-19-13-21(32)25(24-20(31)7-6-8-22(24)34)36-28(19)40(30(42)37-27)26-16(2)10-12-35-29(26)45(4,43)44/h5-8,10,12-13,17-18H,1,9,14-15,34H2,2-4H3/t17-,18-/m0/s1. The Labute approximate surface area is 257 Å². The molecule has 1 saturated heterocycles. The largest absolute Gasteiger partial charge is 0.398 e. The maximum atomic E-state index is 16.0. The molecule has 45 heavy (non-hydrogen) atoms. The zero-order chi connectivity index (χ0) is 32.8. The second-order valence-electron chi connectivity index (χ2n) is 10.7. The molecule has 3 aromatic heterocycles. The molecule has 1 fully saturated rings. The second kappa shape index (κ2) is 11.7. The second-order valence-corrected chi connectivity index (χ2v) is 12.6. The normalized spacial score (nSPS) is 16.9. The predicted octanol–water partition coefficient (Wildman–Crippen LogP) is 2.92. The summed E-state index contributed by atoms with van der Waals surface area (Å²) >= 11 is 0. The van der Waals surface area contributed by atoms with Gasteiger partial charge in [-0.15, -0.1) is 0 Å². The lowest BCUT2D eigenvalue weighted by atomic mass is 10.0. The van der Waals surface area contributed by atoms with Gasteiger partial charge >= 0.3 is 5.69 Å². The molecule has 0 saturated carbocycles. The lowest BCUT2D eigenvalue weighted by molar-refractivity contribution is -0.129. The van der Waals surface area contributed by atoms with Gasteiger partial charge in [0.2, 0.25) is 5.91 Å². The number of pyridine rings is 2. The number of anilines is 2. The van der Waals surface area contributed by atoms with Crippen molar-refractivity contribution in [2.24, 2.45) is 0 Å². The number of nitrogen functional groups attached to an aromatic ring is 1. The number of sulfone groups is 1. The van der Waals surface area contributed by atoms with Gasteiger partial charge in [0.05, 0.1) is 35.2 Å². The number of benzene rings is 1. The van der Waals surface area contributed by atoms with Crippen molar-refractivity contribution in [2.75, 3.05) is 30.0 Å². The van der Waals surface area contributed by atoms with Gasteiger partial charge in [0.25, 0.3) is 0 Å². The van der Waals surface area contributed by atoms with E-state index in [1.54, 1.807) is 18.7 Å². The van der Waals surface area contributed by atoms with Gasteiger partial charge in [0.1, 0.15) is 17.3 Å². The van der Waals surface area contributed by atoms with Crippen molar-refractivity contribution in [3.05, 3.63) is 76.9 Å². The summed E-state index contributed by atoms with van der Waals surface area (Å²) in [6, 6.07) is 7.26. The minimum atomic E-state index is -4.01. The number of halogens is 2. The molecular formula is C30H28F2N8O4S. The van der Waals surface area contributed by atoms with E-state index in [9.17, 15) is 23.3 Å². The third-order valence-corrected chi connectivity index (χ3v) is 8.65. The number of aryl methyl sites for hydroxylation is 1. The number of aromatic nitrogens is 4. The monoisotopic (exact) mass is 634 g/mol. The van der Waals surface area contributed by atoms with Crippen molar-refractivity contribution < 1.29 is 22.0 Å². The Morgan fingerprint density at radius 1 is 1.22 bits per heavy atom. The highest BCUT2D eigenvalue weighted by Gasteiger charge is 2.36. The Balaban J connectivity index is 1.87. The van der Waals surface area contributed by atoms with Gasteiger partial charge in [-0.2, -0.15) is 10.2 Å². The molecule has 0 unspecified atom stereocenters. The molecule has 0 aliphatic carbocycles. The molecule has 4 aromatic rings. The van der Waals surface area contributed by atoms with Crippen LogP contribution >= 0.6 is 0 Å². The molecule has 1 amide bonds. The van der Waals surface area contributed by atoms with Gasteiger partial charge in [-0.05, 0) is 49.8 Å². The van der Waals surface area contributed by atoms with Crippen molar-refractivity contribution >= 4 is 38.3 Å². The lowest BCUT2D eigenvalue weighted by Crippen LogP contribution is -2.59. The average Bonchev–Trinajstić information content (AvgIpc) is 2.97. The first-order valence-electron chi connectivity index (χ1n) is 13.7. The Bertz CT molecular complexity index is 2070. The van der Waals surface area contributed by atoms with Crippen LogP contribution in [-0.2, 0) is 14.6 Å². The third kappa shape index (κ3) is 5.48. The van der Waals surface area contributed by atoms with Crippen LogP contribution in [0.2, 0.25) is 0 Å². The first kappa shape index (κ1) is 31.2. The lowest BCUT2D eigenvalue weighted by Gasteiger charge is -2.45. The molecule has 5 rings (SSSR count). The van der Waals surface area contributed by atoms with E-state index in [0.717, 1.165) is 29.0 Å². The smallest absolute Gasteiger partial charge is 0.355 e. The highest BCUT2D eigenvalue weighted by atomic mass is 32.2. The Hall–Kier alpha value is -5.23. The van der Waals surface area contributed by atoms with Crippen molar-refractivity contribution in [3.8, 4) is 23.0 Å². The Morgan fingerprint density at radius 2 is 1.96 bits per heavy atom. The number of fused-ring (bicyclic) bond motifs is 1. The van der Waals surface area contributed by atoms with Gasteiger partial charge in [-0.1, -0.05) is 12.6 Å². The topological polar surface area (TPSA) is 168 Å². The highest BCUT2D eigenvalue weighted by molar-refractivity contribution is 7.90. The molecule has 232 valence electrons. The van der Waals surface area contributed by atoms with E-state index >= 15 is 8.78 Å². The fraction of sp³-hybridized carbons (Fsp3) is 0.267. The number of carbonyl (C=O) groups is 1. The number of nitrogens with two attached hydrogens (primary N) is 1. The number of rotatable bonds is 6. The van der Waals surface area contributed by atoms with Gasteiger partial charge in [0.15, 0.2) is 26.3 Å². The van der Waals surface area contributed by atoms with Crippen LogP contribution in [0.3, 0.4) is 0 Å². The number of nitriles is 1. The fourth-order valence-corrected chi connectivity index (χ4v) is 6.42. The number of amides is 1. The van der Waals surface area contributed by atoms with E-state index in [-0.39, 0.29) is 59.2 Å². The number of carbonyl (C=O) groups excluding carboxylic acids is 1. The molecule has 0 spiro atoms. The summed E-state index contributed by atoms with van der Waals surface area (Å²) in [5.41, 5.74) is 4.00. The molecule has 1 aliphatic heterocycles. The van der Waals surface area contributed by atoms with Crippen LogP contribution in [-0.4, -0.2) is 70.2 Å². The molecule has 2 atom stereocenters. The van der Waals surface area contributed by atoms with Crippen molar-refractivity contribution in [3.63, 3.8) is 0 Å². The molecule has 4 heterocycles. The fourth-order valence-electron chi connectivity index (χ4n) is 5.56. The number of nitrogens with zero attached hydrogens (tertiary/aromatic N) is 7. The van der Waals surface area contributed by atoms with Crippen molar-refractivity contribution in [1.29, 1.82) is 5.26 Å². The van der Waals surface area contributed by atoms with E-state index in [4.69, 9.17) is 5.73 Å². The summed E-state index contributed by atoms with van der Waals surface area (Å²) in [5.74, 6) is -2.25. The molecule has 15 heteroatoms. The van der Waals surface area contributed by atoms with Crippen LogP contribution in [0.25, 0.3) is 28.0 Å². The van der Waals surface area contributed by atoms with E-state index in [1.165, 1.54) is 29.3 Å². The van der Waals surface area contributed by atoms with Gasteiger partial charge in [0, 0.05) is 37.3 Å². The van der Waals surface area contributed by atoms with Crippen LogP contribution in [0.5, 0.6) is 0 Å². The van der Waals surface area contributed by atoms with Gasteiger partial charge in [-0.25, -0.2) is 36.5 Å². The quantitative estimate of drug-likeness (QED) is 0.246. The minimum absolute atomic E-state index is 0.0143. The summed E-state index contributed by atoms with van der Waals surface area (Å²) in [6.45, 7) is 7.02. The van der Waals surface area contributed by atoms with Crippen LogP contribution in [0.4, 0.5) is 20.3 Å². The van der Waals surface area contributed by atoms with Gasteiger partial charge < -0.3 is 15.5 Å². The summed E-state index contributed by atoms with van der Waals surface area (Å²) in [6.07, 6.45) is 3.29. The first-order chi connectivity index (χ1) is 21.3. The maximum Gasteiger partial charge on any atom is 0.355 e. The van der Waals surface area contributed by atoms with E-state index in [1.807, 2.05) is 0 Å². The Morgan fingerprint density at radius 3 is 2.60 bits per heavy atom. The molecule has 1 aliphatic rings. The zero-order valence-corrected chi connectivity index (χ0v) is 25.3. The molecule has 12 nitrogen and oxygen atoms in total. The summed E-state index contributed by atoms with van der Waals surface area (Å²) in [4.78, 5) is 42.4. The van der Waals surface area contributed by atoms with Crippen molar-refractivity contribution in [1.82, 2.24) is 24.4 Å². The zero-order valence-electron chi connectivity index (χ0n) is 24.5. The van der Waals surface area contributed by atoms with Gasteiger partial charge in [-0.3, -0.25) is 4.79 Å². The first-order valence-corrected chi connectivity index (χ1v) is 15.6. The van der Waals surface area contributed by atoms with Crippen LogP contribution < -0.4 is 16.3 Å². The average molecular weight is 635 g/mol. The predicted molar refractivity (Wildman–Crippen MR) is 163 cm³/mol.